The van der Waals surface area contributed by atoms with Crippen LogP contribution in [-0.4, -0.2) is 105 Å². The number of Topliss-reactive ketones (excluding diaryl/α,β-unsaturated/α-hetero) is 2. The number of likely N-dealkylation sites (N-methyl/N-ethyl adjacent to an activating group) is 1. The second kappa shape index (κ2) is 10.9. The maximum atomic E-state index is 13.8. The van der Waals surface area contributed by atoms with Crippen molar-refractivity contribution < 1.29 is 57.2 Å². The molecule has 0 heterocycles. The van der Waals surface area contributed by atoms with E-state index in [1.807, 2.05) is 0 Å². The molecular weight excluding hydrogens is 554 g/mol. The van der Waals surface area contributed by atoms with E-state index in [1.54, 1.807) is 32.3 Å². The summed E-state index contributed by atoms with van der Waals surface area (Å²) in [6, 6.07) is 1.98. The molecule has 1 saturated carbocycles. The summed E-state index contributed by atoms with van der Waals surface area (Å²) in [5, 5.41) is 45.7. The van der Waals surface area contributed by atoms with Gasteiger partial charge in [-0.1, -0.05) is 6.07 Å². The second-order valence-corrected chi connectivity index (χ2v) is 10.9. The number of phenols is 1. The van der Waals surface area contributed by atoms with E-state index in [9.17, 15) is 34.8 Å². The Morgan fingerprint density at radius 2 is 1.73 bits per heavy atom. The number of ketones is 2. The number of benzene rings is 1. The second-order valence-electron chi connectivity index (χ2n) is 9.98. The molecule has 4 atom stereocenters. The molecule has 15 nitrogen and oxygen atoms in total. The molecule has 220 valence electrons. The summed E-state index contributed by atoms with van der Waals surface area (Å²) in [5.74, 6) is -6.68. The fourth-order valence-electron chi connectivity index (χ4n) is 5.76. The Hall–Kier alpha value is -3.38. The SMILES string of the molecule is CON(C)Cc1ccc(O)c2c1CC1CC3[C@H](N(C)C)C(=O)C(C(N)=O)=C(O)[C@@]3(O)C(=O)C1=C2O.O=S(=O)(O)O. The maximum absolute atomic E-state index is 13.8. The lowest BCUT2D eigenvalue weighted by atomic mass is 9.57. The number of aromatic hydroxyl groups is 1. The van der Waals surface area contributed by atoms with Crippen LogP contribution in [0.15, 0.2) is 29.0 Å². The molecule has 0 bridgehead atoms. The minimum atomic E-state index is -4.67. The van der Waals surface area contributed by atoms with Crippen molar-refractivity contribution in [2.45, 2.75) is 31.0 Å². The molecule has 0 aliphatic heterocycles. The zero-order chi connectivity index (χ0) is 30.5. The van der Waals surface area contributed by atoms with Crippen LogP contribution in [0.3, 0.4) is 0 Å². The van der Waals surface area contributed by atoms with Crippen LogP contribution in [0.25, 0.3) is 5.76 Å². The summed E-state index contributed by atoms with van der Waals surface area (Å²) < 4.78 is 31.6. The number of hydrogen-bond donors (Lipinski definition) is 7. The van der Waals surface area contributed by atoms with Crippen molar-refractivity contribution in [3.8, 4) is 5.75 Å². The van der Waals surface area contributed by atoms with Crippen LogP contribution in [0.5, 0.6) is 5.75 Å². The highest BCUT2D eigenvalue weighted by Crippen LogP contribution is 2.52. The first kappa shape index (κ1) is 31.2. The zero-order valence-electron chi connectivity index (χ0n) is 22.0. The standard InChI is InChI=1S/C24H29N3O8.H2O4S/c1-26(2)18-13-8-11-7-12-10(9-27(3)35-4)5-6-14(28)16(12)19(29)15(11)21(31)24(13,34)22(32)17(20(18)30)23(25)33;1-5(2,3)4/h5-6,11,13,18,28-29,32,34H,7-9H2,1-4H3,(H2,25,33);(H2,1,2,3,4)/t11?,13?,18-,24-;/m0./s1. The average molecular weight is 586 g/mol. The predicted molar refractivity (Wildman–Crippen MR) is 137 cm³/mol. The fourth-order valence-corrected chi connectivity index (χ4v) is 5.76. The molecule has 1 amide bonds. The van der Waals surface area contributed by atoms with E-state index >= 15 is 0 Å². The molecule has 16 heteroatoms. The van der Waals surface area contributed by atoms with Crippen molar-refractivity contribution in [3.05, 3.63) is 45.7 Å². The van der Waals surface area contributed by atoms with Crippen LogP contribution in [-0.2, 0) is 42.6 Å². The van der Waals surface area contributed by atoms with Crippen LogP contribution in [0.4, 0.5) is 0 Å². The van der Waals surface area contributed by atoms with E-state index in [0.29, 0.717) is 12.1 Å². The maximum Gasteiger partial charge on any atom is 0.394 e. The molecule has 1 aromatic rings. The minimum absolute atomic E-state index is 0.0426. The Labute approximate surface area is 229 Å². The first-order valence-electron chi connectivity index (χ1n) is 11.8. The van der Waals surface area contributed by atoms with Gasteiger partial charge in [0.1, 0.15) is 22.8 Å². The van der Waals surface area contributed by atoms with Crippen LogP contribution < -0.4 is 5.73 Å². The summed E-state index contributed by atoms with van der Waals surface area (Å²) in [4.78, 5) is 45.5. The third-order valence-corrected chi connectivity index (χ3v) is 7.41. The number of aliphatic hydroxyl groups is 3. The molecule has 40 heavy (non-hydrogen) atoms. The van der Waals surface area contributed by atoms with Crippen molar-refractivity contribution in [2.75, 3.05) is 28.3 Å². The molecule has 8 N–H and O–H groups in total. The van der Waals surface area contributed by atoms with E-state index in [4.69, 9.17) is 28.1 Å². The van der Waals surface area contributed by atoms with Crippen molar-refractivity contribution in [2.24, 2.45) is 17.6 Å². The Balaban J connectivity index is 0.000000810. The molecule has 0 radical (unpaired) electrons. The third-order valence-electron chi connectivity index (χ3n) is 7.41. The predicted octanol–water partition coefficient (Wildman–Crippen LogP) is -0.696. The summed E-state index contributed by atoms with van der Waals surface area (Å²) in [5.41, 5.74) is 3.09. The number of amides is 1. The largest absolute Gasteiger partial charge is 0.508 e. The average Bonchev–Trinajstić information content (AvgIpc) is 2.81. The van der Waals surface area contributed by atoms with Crippen molar-refractivity contribution in [3.63, 3.8) is 0 Å². The van der Waals surface area contributed by atoms with Crippen molar-refractivity contribution in [1.29, 1.82) is 0 Å². The topological polar surface area (TPSA) is 248 Å². The number of nitrogens with zero attached hydrogens (tertiary/aromatic N) is 2. The van der Waals surface area contributed by atoms with Crippen LogP contribution in [0, 0.1) is 11.8 Å². The molecular formula is C24H31N3O12S. The van der Waals surface area contributed by atoms with Gasteiger partial charge in [-0.3, -0.25) is 28.4 Å². The van der Waals surface area contributed by atoms with E-state index in [1.165, 1.54) is 18.1 Å². The normalized spacial score (nSPS) is 26.3. The Bertz CT molecular complexity index is 1430. The smallest absolute Gasteiger partial charge is 0.394 e. The van der Waals surface area contributed by atoms with Gasteiger partial charge in [0.25, 0.3) is 5.91 Å². The van der Waals surface area contributed by atoms with Crippen LogP contribution >= 0.6 is 0 Å². The number of hydroxylamine groups is 2. The van der Waals surface area contributed by atoms with Gasteiger partial charge in [-0.15, -0.1) is 0 Å². The number of carbonyl (C=O) groups is 3. The van der Waals surface area contributed by atoms with Gasteiger partial charge >= 0.3 is 10.4 Å². The number of aliphatic hydroxyl groups excluding tert-OH is 2. The van der Waals surface area contributed by atoms with E-state index < -0.39 is 68.4 Å². The highest BCUT2D eigenvalue weighted by Gasteiger charge is 2.64. The molecule has 0 aromatic heterocycles. The summed E-state index contributed by atoms with van der Waals surface area (Å²) in [6.07, 6.45) is 0.275. The molecule has 3 aliphatic rings. The Morgan fingerprint density at radius 1 is 1.15 bits per heavy atom. The number of hydrogen-bond acceptors (Lipinski definition) is 12. The fraction of sp³-hybridized carbons (Fsp3) is 0.458. The molecule has 2 unspecified atom stereocenters. The van der Waals surface area contributed by atoms with Gasteiger partial charge in [-0.05, 0) is 50.0 Å². The quantitative estimate of drug-likeness (QED) is 0.128. The minimum Gasteiger partial charge on any atom is -0.508 e. The number of nitrogens with two attached hydrogens (primary N) is 1. The molecule has 3 aliphatic carbocycles. The van der Waals surface area contributed by atoms with Crippen LogP contribution in [0.2, 0.25) is 0 Å². The number of fused-ring (bicyclic) bond motifs is 3. The van der Waals surface area contributed by atoms with Gasteiger partial charge < -0.3 is 31.0 Å². The van der Waals surface area contributed by atoms with Gasteiger partial charge in [0.15, 0.2) is 11.4 Å². The lowest BCUT2D eigenvalue weighted by Crippen LogP contribution is -2.65. The number of carbonyl (C=O) groups excluding carboxylic acids is 3. The van der Waals surface area contributed by atoms with Gasteiger partial charge in [0.05, 0.1) is 18.7 Å². The third kappa shape index (κ3) is 5.34. The molecule has 0 spiro atoms. The zero-order valence-corrected chi connectivity index (χ0v) is 22.8. The molecule has 1 aromatic carbocycles. The van der Waals surface area contributed by atoms with Gasteiger partial charge in [0.2, 0.25) is 5.78 Å². The van der Waals surface area contributed by atoms with E-state index in [0.717, 1.165) is 5.56 Å². The van der Waals surface area contributed by atoms with E-state index in [-0.39, 0.29) is 29.7 Å². The van der Waals surface area contributed by atoms with Gasteiger partial charge in [0, 0.05) is 25.1 Å². The molecule has 0 saturated heterocycles. The van der Waals surface area contributed by atoms with Gasteiger partial charge in [-0.25, -0.2) is 0 Å². The number of primary amides is 1. The Morgan fingerprint density at radius 3 is 2.23 bits per heavy atom. The van der Waals surface area contributed by atoms with Gasteiger partial charge in [-0.2, -0.15) is 13.5 Å². The molecule has 1 fully saturated rings. The monoisotopic (exact) mass is 585 g/mol. The van der Waals surface area contributed by atoms with Crippen LogP contribution in [0.1, 0.15) is 23.1 Å². The molecule has 4 rings (SSSR count). The Kier molecular flexibility index (Phi) is 8.48. The van der Waals surface area contributed by atoms with Crippen molar-refractivity contribution in [1.82, 2.24) is 9.96 Å². The van der Waals surface area contributed by atoms with E-state index in [2.05, 4.69) is 0 Å². The summed E-state index contributed by atoms with van der Waals surface area (Å²) >= 11 is 0. The highest BCUT2D eigenvalue weighted by molar-refractivity contribution is 7.79. The van der Waals surface area contributed by atoms with Crippen molar-refractivity contribution >= 4 is 33.6 Å². The number of rotatable bonds is 5. The summed E-state index contributed by atoms with van der Waals surface area (Å²) in [7, 11) is 1.67. The number of phenolic OH excluding ortho intramolecular Hbond substituents is 1. The highest BCUT2D eigenvalue weighted by atomic mass is 32.3. The first-order valence-corrected chi connectivity index (χ1v) is 13.2. The lowest BCUT2D eigenvalue weighted by Gasteiger charge is -2.50. The first-order chi connectivity index (χ1) is 18.4. The lowest BCUT2D eigenvalue weighted by molar-refractivity contribution is -0.153. The summed E-state index contributed by atoms with van der Waals surface area (Å²) in [6.45, 7) is 0.333.